The summed E-state index contributed by atoms with van der Waals surface area (Å²) < 4.78 is 0. The average Bonchev–Trinajstić information content (AvgIpc) is 2.86. The maximum Gasteiger partial charge on any atom is 0.0676 e. The van der Waals surface area contributed by atoms with E-state index in [4.69, 9.17) is 0 Å². The maximum absolute atomic E-state index is 3.79. The molecule has 0 aromatic heterocycles. The van der Waals surface area contributed by atoms with Gasteiger partial charge in [0.15, 0.2) is 0 Å². The quantitative estimate of drug-likeness (QED) is 0.750. The Labute approximate surface area is 86.0 Å². The third-order valence-corrected chi connectivity index (χ3v) is 4.99. The van der Waals surface area contributed by atoms with Crippen molar-refractivity contribution in [2.24, 2.45) is 5.92 Å². The second-order valence-corrected chi connectivity index (χ2v) is 6.33. The Morgan fingerprint density at radius 1 is 1.38 bits per heavy atom. The van der Waals surface area contributed by atoms with E-state index in [0.29, 0.717) is 4.87 Å². The fraction of sp³-hybridized carbons (Fsp3) is 1.00. The minimum atomic E-state index is 0.479. The molecule has 1 saturated carbocycles. The van der Waals surface area contributed by atoms with Crippen LogP contribution in [0.2, 0.25) is 0 Å². The van der Waals surface area contributed by atoms with Crippen molar-refractivity contribution in [3.63, 3.8) is 0 Å². The van der Waals surface area contributed by atoms with Crippen molar-refractivity contribution in [1.29, 1.82) is 0 Å². The van der Waals surface area contributed by atoms with Crippen LogP contribution in [0.5, 0.6) is 0 Å². The molecule has 1 heterocycles. The van der Waals surface area contributed by atoms with Crippen LogP contribution in [0.15, 0.2) is 0 Å². The van der Waals surface area contributed by atoms with Gasteiger partial charge < -0.3 is 5.32 Å². The van der Waals surface area contributed by atoms with E-state index < -0.39 is 0 Å². The fourth-order valence-corrected chi connectivity index (χ4v) is 4.35. The molecule has 0 amide bonds. The molecule has 2 aliphatic rings. The Hall–Kier alpha value is 0.310. The zero-order chi connectivity index (χ0) is 9.31. The predicted molar refractivity (Wildman–Crippen MR) is 60.0 cm³/mol. The molecule has 2 fully saturated rings. The van der Waals surface area contributed by atoms with Crippen LogP contribution < -0.4 is 5.32 Å². The summed E-state index contributed by atoms with van der Waals surface area (Å²) in [5, 5.41) is 4.66. The second kappa shape index (κ2) is 3.82. The molecule has 76 valence electrons. The van der Waals surface area contributed by atoms with Crippen LogP contribution in [0.3, 0.4) is 0 Å². The molecule has 0 aromatic carbocycles. The standard InChI is InChI=1S/C11H21NS/c1-3-7-11(10-4-5-10)12-8-6-9(2)13-11/h9-10,12H,3-8H2,1-2H3. The molecule has 2 heteroatoms. The van der Waals surface area contributed by atoms with E-state index in [1.54, 1.807) is 0 Å². The molecule has 13 heavy (non-hydrogen) atoms. The van der Waals surface area contributed by atoms with Crippen LogP contribution in [0.4, 0.5) is 0 Å². The molecule has 1 aliphatic carbocycles. The van der Waals surface area contributed by atoms with Crippen molar-refractivity contribution in [3.8, 4) is 0 Å². The highest BCUT2D eigenvalue weighted by Crippen LogP contribution is 2.51. The van der Waals surface area contributed by atoms with Crippen molar-refractivity contribution in [1.82, 2.24) is 5.32 Å². The molecule has 2 rings (SSSR count). The molecule has 0 radical (unpaired) electrons. The van der Waals surface area contributed by atoms with E-state index in [0.717, 1.165) is 11.2 Å². The van der Waals surface area contributed by atoms with E-state index in [-0.39, 0.29) is 0 Å². The van der Waals surface area contributed by atoms with Gasteiger partial charge in [-0.3, -0.25) is 0 Å². The summed E-state index contributed by atoms with van der Waals surface area (Å²) in [7, 11) is 0. The first-order valence-corrected chi connectivity index (χ1v) is 6.57. The molecule has 2 unspecified atom stereocenters. The van der Waals surface area contributed by atoms with Crippen molar-refractivity contribution in [2.75, 3.05) is 6.54 Å². The molecular formula is C11H21NS. The zero-order valence-electron chi connectivity index (χ0n) is 8.81. The smallest absolute Gasteiger partial charge is 0.0676 e. The SMILES string of the molecule is CCCC1(C2CC2)NCCC(C)S1. The molecule has 1 aliphatic heterocycles. The average molecular weight is 199 g/mol. The van der Waals surface area contributed by atoms with Gasteiger partial charge in [0, 0.05) is 5.25 Å². The van der Waals surface area contributed by atoms with Gasteiger partial charge in [0.25, 0.3) is 0 Å². The van der Waals surface area contributed by atoms with Gasteiger partial charge in [-0.05, 0) is 38.1 Å². The zero-order valence-corrected chi connectivity index (χ0v) is 9.62. The van der Waals surface area contributed by atoms with Crippen molar-refractivity contribution >= 4 is 11.8 Å². The Morgan fingerprint density at radius 3 is 2.69 bits per heavy atom. The van der Waals surface area contributed by atoms with Gasteiger partial charge in [0.05, 0.1) is 4.87 Å². The summed E-state index contributed by atoms with van der Waals surface area (Å²) in [4.78, 5) is 0.479. The Kier molecular flexibility index (Phi) is 2.89. The summed E-state index contributed by atoms with van der Waals surface area (Å²) >= 11 is 2.22. The van der Waals surface area contributed by atoms with Crippen molar-refractivity contribution in [3.05, 3.63) is 0 Å². The molecule has 0 bridgehead atoms. The molecule has 1 saturated heterocycles. The van der Waals surface area contributed by atoms with Crippen LogP contribution in [0.1, 0.15) is 46.0 Å². The van der Waals surface area contributed by atoms with Crippen molar-refractivity contribution in [2.45, 2.75) is 56.1 Å². The van der Waals surface area contributed by atoms with Crippen LogP contribution in [-0.4, -0.2) is 16.7 Å². The number of nitrogens with one attached hydrogen (secondary N) is 1. The first-order chi connectivity index (χ1) is 6.27. The van der Waals surface area contributed by atoms with Gasteiger partial charge >= 0.3 is 0 Å². The Morgan fingerprint density at radius 2 is 2.15 bits per heavy atom. The van der Waals surface area contributed by atoms with Gasteiger partial charge in [-0.25, -0.2) is 0 Å². The number of thioether (sulfide) groups is 1. The van der Waals surface area contributed by atoms with Gasteiger partial charge in [-0.15, -0.1) is 11.8 Å². The fourth-order valence-electron chi connectivity index (χ4n) is 2.46. The van der Waals surface area contributed by atoms with E-state index >= 15 is 0 Å². The summed E-state index contributed by atoms with van der Waals surface area (Å²) in [5.41, 5.74) is 0. The summed E-state index contributed by atoms with van der Waals surface area (Å²) in [6.45, 7) is 5.94. The van der Waals surface area contributed by atoms with E-state index in [1.165, 1.54) is 38.6 Å². The lowest BCUT2D eigenvalue weighted by Crippen LogP contribution is -2.49. The third-order valence-electron chi connectivity index (χ3n) is 3.24. The minimum Gasteiger partial charge on any atom is -0.303 e. The van der Waals surface area contributed by atoms with Crippen LogP contribution in [0.25, 0.3) is 0 Å². The number of hydrogen-bond acceptors (Lipinski definition) is 2. The summed E-state index contributed by atoms with van der Waals surface area (Å²) in [6.07, 6.45) is 6.97. The molecule has 1 nitrogen and oxygen atoms in total. The topological polar surface area (TPSA) is 12.0 Å². The Balaban J connectivity index is 2.02. The van der Waals surface area contributed by atoms with Gasteiger partial charge in [0.2, 0.25) is 0 Å². The highest BCUT2D eigenvalue weighted by molar-refractivity contribution is 8.01. The number of hydrogen-bond donors (Lipinski definition) is 1. The van der Waals surface area contributed by atoms with Crippen LogP contribution >= 0.6 is 11.8 Å². The lowest BCUT2D eigenvalue weighted by molar-refractivity contribution is 0.368. The lowest BCUT2D eigenvalue weighted by Gasteiger charge is -2.41. The van der Waals surface area contributed by atoms with E-state index in [9.17, 15) is 0 Å². The highest BCUT2D eigenvalue weighted by atomic mass is 32.2. The monoisotopic (exact) mass is 199 g/mol. The van der Waals surface area contributed by atoms with Gasteiger partial charge in [-0.1, -0.05) is 20.3 Å². The van der Waals surface area contributed by atoms with E-state index in [2.05, 4.69) is 30.9 Å². The van der Waals surface area contributed by atoms with Crippen LogP contribution in [0, 0.1) is 5.92 Å². The highest BCUT2D eigenvalue weighted by Gasteiger charge is 2.46. The molecule has 0 aromatic rings. The number of rotatable bonds is 3. The molecule has 0 spiro atoms. The molecule has 2 atom stereocenters. The van der Waals surface area contributed by atoms with E-state index in [1.807, 2.05) is 0 Å². The second-order valence-electron chi connectivity index (χ2n) is 4.56. The van der Waals surface area contributed by atoms with Gasteiger partial charge in [0.1, 0.15) is 0 Å². The van der Waals surface area contributed by atoms with Crippen LogP contribution in [-0.2, 0) is 0 Å². The predicted octanol–water partition coefficient (Wildman–Crippen LogP) is 3.01. The normalized spacial score (nSPS) is 40.6. The van der Waals surface area contributed by atoms with Gasteiger partial charge in [-0.2, -0.15) is 0 Å². The first-order valence-electron chi connectivity index (χ1n) is 5.69. The first kappa shape index (κ1) is 9.85. The molecule has 1 N–H and O–H groups in total. The Bertz CT molecular complexity index is 175. The minimum absolute atomic E-state index is 0.479. The third kappa shape index (κ3) is 2.04. The summed E-state index contributed by atoms with van der Waals surface area (Å²) in [6, 6.07) is 0. The van der Waals surface area contributed by atoms with Crippen molar-refractivity contribution < 1.29 is 0 Å². The molecular weight excluding hydrogens is 178 g/mol. The lowest BCUT2D eigenvalue weighted by atomic mass is 10.1. The maximum atomic E-state index is 3.79. The summed E-state index contributed by atoms with van der Waals surface area (Å²) in [5.74, 6) is 0.986. The largest absolute Gasteiger partial charge is 0.303 e.